The highest BCUT2D eigenvalue weighted by Gasteiger charge is 2.33. The average Bonchev–Trinajstić information content (AvgIpc) is 3.56. The molecular weight excluding hydrogens is 422 g/mol. The molecule has 1 aliphatic heterocycles. The van der Waals surface area contributed by atoms with E-state index in [1.54, 1.807) is 0 Å². The largest absolute Gasteiger partial charge is 0.293 e. The van der Waals surface area contributed by atoms with Gasteiger partial charge in [0.2, 0.25) is 0 Å². The van der Waals surface area contributed by atoms with Gasteiger partial charge < -0.3 is 0 Å². The maximum absolute atomic E-state index is 4.05. The molecule has 0 spiro atoms. The number of rotatable bonds is 12. The van der Waals surface area contributed by atoms with E-state index in [-0.39, 0.29) is 0 Å². The van der Waals surface area contributed by atoms with Crippen LogP contribution in [0.1, 0.15) is 23.3 Å². The van der Waals surface area contributed by atoms with Crippen LogP contribution in [0.3, 0.4) is 0 Å². The first-order valence-electron chi connectivity index (χ1n) is 9.91. The van der Waals surface area contributed by atoms with Crippen LogP contribution in [0.25, 0.3) is 0 Å². The van der Waals surface area contributed by atoms with E-state index in [2.05, 4.69) is 97.2 Å². The van der Waals surface area contributed by atoms with Crippen molar-refractivity contribution >= 4 is 0 Å². The lowest BCUT2D eigenvalue weighted by Crippen LogP contribution is -2.59. The first-order chi connectivity index (χ1) is 15.8. The van der Waals surface area contributed by atoms with Gasteiger partial charge >= 0.3 is 0 Å². The molecule has 0 aromatic carbocycles. The van der Waals surface area contributed by atoms with Crippen molar-refractivity contribution in [1.82, 2.24) is 97.2 Å². The van der Waals surface area contributed by atoms with E-state index in [0.717, 1.165) is 32.0 Å². The summed E-state index contributed by atoms with van der Waals surface area (Å²) in [5, 5.41) is 56.4. The summed E-state index contributed by atoms with van der Waals surface area (Å²) >= 11 is 0. The highest BCUT2D eigenvalue weighted by atomic mass is 15.5. The van der Waals surface area contributed by atoms with E-state index in [0.29, 0.717) is 49.7 Å². The van der Waals surface area contributed by atoms with Crippen LogP contribution in [-0.4, -0.2) is 129 Å². The number of H-pyrrole nitrogens is 4. The minimum absolute atomic E-state index is 0.344. The van der Waals surface area contributed by atoms with Gasteiger partial charge in [0.05, 0.1) is 26.2 Å². The Morgan fingerprint density at radius 3 is 1.66 bits per heavy atom. The SMILES string of the molecule is C(CN(Cc1nnn[nH]1)C1CN(Cc2nnn[nH]2)C1)N(Cc1nnn[nH]1)Cc1nnn[nH]1. The summed E-state index contributed by atoms with van der Waals surface area (Å²) in [5.41, 5.74) is 0. The number of hydrogen-bond donors (Lipinski definition) is 4. The fraction of sp³-hybridized carbons (Fsp3) is 0.692. The first-order valence-corrected chi connectivity index (χ1v) is 9.91. The third kappa shape index (κ3) is 5.07. The van der Waals surface area contributed by atoms with Gasteiger partial charge in [-0.25, -0.2) is 20.4 Å². The van der Waals surface area contributed by atoms with E-state index in [9.17, 15) is 0 Å². The normalized spacial score (nSPS) is 15.1. The van der Waals surface area contributed by atoms with E-state index in [4.69, 9.17) is 0 Å². The van der Waals surface area contributed by atoms with E-state index >= 15 is 0 Å². The molecule has 0 aliphatic carbocycles. The molecule has 1 saturated heterocycles. The van der Waals surface area contributed by atoms with Crippen molar-refractivity contribution in [1.29, 1.82) is 0 Å². The van der Waals surface area contributed by atoms with E-state index in [1.165, 1.54) is 0 Å². The van der Waals surface area contributed by atoms with Gasteiger partial charge in [0, 0.05) is 32.2 Å². The van der Waals surface area contributed by atoms with Gasteiger partial charge in [-0.2, -0.15) is 0 Å². The van der Waals surface area contributed by atoms with Gasteiger partial charge in [0.15, 0.2) is 23.3 Å². The predicted octanol–water partition coefficient (Wildman–Crippen LogP) is -3.87. The van der Waals surface area contributed by atoms with Crippen LogP contribution < -0.4 is 0 Å². The maximum Gasteiger partial charge on any atom is 0.162 e. The maximum atomic E-state index is 4.05. The average molecular weight is 443 g/mol. The van der Waals surface area contributed by atoms with Crippen LogP contribution in [0.5, 0.6) is 0 Å². The minimum atomic E-state index is 0.344. The lowest BCUT2D eigenvalue weighted by Gasteiger charge is -2.45. The molecule has 0 atom stereocenters. The molecule has 19 heteroatoms. The molecule has 0 unspecified atom stereocenters. The summed E-state index contributed by atoms with van der Waals surface area (Å²) in [4.78, 5) is 6.78. The van der Waals surface area contributed by atoms with Crippen molar-refractivity contribution in [3.05, 3.63) is 23.3 Å². The Kier molecular flexibility index (Phi) is 5.98. The lowest BCUT2D eigenvalue weighted by atomic mass is 10.1. The second-order valence-electron chi connectivity index (χ2n) is 7.42. The molecule has 0 saturated carbocycles. The predicted molar refractivity (Wildman–Crippen MR) is 100 cm³/mol. The third-order valence-corrected chi connectivity index (χ3v) is 5.19. The van der Waals surface area contributed by atoms with Crippen LogP contribution >= 0.6 is 0 Å². The number of tetrazole rings is 4. The monoisotopic (exact) mass is 443 g/mol. The number of nitrogens with one attached hydrogen (secondary N) is 4. The smallest absolute Gasteiger partial charge is 0.162 e. The van der Waals surface area contributed by atoms with Crippen LogP contribution in [-0.2, 0) is 26.2 Å². The highest BCUT2D eigenvalue weighted by Crippen LogP contribution is 2.18. The number of nitrogens with zero attached hydrogens (tertiary/aromatic N) is 15. The van der Waals surface area contributed by atoms with Crippen molar-refractivity contribution in [2.24, 2.45) is 0 Å². The van der Waals surface area contributed by atoms with Crippen molar-refractivity contribution in [2.45, 2.75) is 32.2 Å². The molecule has 0 radical (unpaired) electrons. The second kappa shape index (κ2) is 9.53. The Balaban J connectivity index is 1.21. The summed E-state index contributed by atoms with van der Waals surface area (Å²) in [7, 11) is 0. The molecule has 0 bridgehead atoms. The Morgan fingerprint density at radius 2 is 1.16 bits per heavy atom. The molecule has 32 heavy (non-hydrogen) atoms. The zero-order valence-corrected chi connectivity index (χ0v) is 16.9. The number of hydrogen-bond acceptors (Lipinski definition) is 15. The summed E-state index contributed by atoms with van der Waals surface area (Å²) in [6.07, 6.45) is 0. The molecule has 1 aliphatic rings. The zero-order valence-electron chi connectivity index (χ0n) is 16.9. The molecule has 4 aromatic rings. The van der Waals surface area contributed by atoms with Gasteiger partial charge in [-0.3, -0.25) is 14.7 Å². The fourth-order valence-corrected chi connectivity index (χ4v) is 3.59. The molecule has 19 nitrogen and oxygen atoms in total. The van der Waals surface area contributed by atoms with Crippen LogP contribution in [0.2, 0.25) is 0 Å². The Labute approximate surface area is 179 Å². The van der Waals surface area contributed by atoms with Gasteiger partial charge in [-0.15, -0.1) is 20.4 Å². The Bertz CT molecular complexity index is 968. The standard InChI is InChI=1S/C13H21N19/c1(30(5-10-14-22-23-15-10)6-11-16-24-25-17-11)2-32(8-13-20-28-29-21-13)9-3-31(4-9)7-12-18-26-27-19-12/h9H,1-8H2,(H,14,15,22,23)(H,16,17,24,25)(H,18,19,26,27)(H,20,21,28,29). The molecule has 4 N–H and O–H groups in total. The molecule has 168 valence electrons. The molecule has 5 heterocycles. The topological polar surface area (TPSA) is 228 Å². The number of aromatic amines is 4. The molecule has 1 fully saturated rings. The van der Waals surface area contributed by atoms with Crippen LogP contribution in [0, 0.1) is 0 Å². The summed E-state index contributed by atoms with van der Waals surface area (Å²) < 4.78 is 0. The van der Waals surface area contributed by atoms with Crippen molar-refractivity contribution in [2.75, 3.05) is 26.2 Å². The van der Waals surface area contributed by atoms with Crippen LogP contribution in [0.4, 0.5) is 0 Å². The molecule has 4 aromatic heterocycles. The Hall–Kier alpha value is -3.84. The quantitative estimate of drug-likeness (QED) is 0.164. The van der Waals surface area contributed by atoms with Gasteiger partial charge in [0.1, 0.15) is 0 Å². The highest BCUT2D eigenvalue weighted by molar-refractivity contribution is 4.93. The summed E-state index contributed by atoms with van der Waals surface area (Å²) in [6, 6.07) is 0.344. The van der Waals surface area contributed by atoms with E-state index in [1.807, 2.05) is 0 Å². The van der Waals surface area contributed by atoms with Gasteiger partial charge in [-0.05, 0) is 41.7 Å². The van der Waals surface area contributed by atoms with Crippen molar-refractivity contribution < 1.29 is 0 Å². The minimum Gasteiger partial charge on any atom is -0.293 e. The summed E-state index contributed by atoms with van der Waals surface area (Å²) in [6.45, 7) is 5.63. The first kappa shape index (κ1) is 20.1. The van der Waals surface area contributed by atoms with Crippen molar-refractivity contribution in [3.8, 4) is 0 Å². The van der Waals surface area contributed by atoms with E-state index < -0.39 is 0 Å². The molecule has 0 amide bonds. The summed E-state index contributed by atoms with van der Waals surface area (Å²) in [5.74, 6) is 2.80. The van der Waals surface area contributed by atoms with Gasteiger partial charge in [0.25, 0.3) is 0 Å². The lowest BCUT2D eigenvalue weighted by molar-refractivity contribution is 0.0145. The van der Waals surface area contributed by atoms with Crippen molar-refractivity contribution in [3.63, 3.8) is 0 Å². The number of aromatic nitrogens is 16. The molecule has 5 rings (SSSR count). The van der Waals surface area contributed by atoms with Crippen LogP contribution in [0.15, 0.2) is 0 Å². The third-order valence-electron chi connectivity index (χ3n) is 5.19. The fourth-order valence-electron chi connectivity index (χ4n) is 3.59. The Morgan fingerprint density at radius 1 is 0.656 bits per heavy atom. The van der Waals surface area contributed by atoms with Gasteiger partial charge in [-0.1, -0.05) is 0 Å². The number of likely N-dealkylation sites (tertiary alicyclic amines) is 1. The second-order valence-corrected chi connectivity index (χ2v) is 7.42. The zero-order chi connectivity index (χ0) is 21.6. The molecular formula is C13H21N19.